The third-order valence-corrected chi connectivity index (χ3v) is 6.03. The fourth-order valence-electron chi connectivity index (χ4n) is 2.95. The highest BCUT2D eigenvalue weighted by molar-refractivity contribution is 7.89. The van der Waals surface area contributed by atoms with E-state index in [-0.39, 0.29) is 16.8 Å². The minimum atomic E-state index is -3.50. The molecular weight excluding hydrogens is 292 g/mol. The zero-order valence-corrected chi connectivity index (χ0v) is 12.7. The quantitative estimate of drug-likeness (QED) is 0.824. The smallest absolute Gasteiger partial charge is 0.243 e. The summed E-state index contributed by atoms with van der Waals surface area (Å²) in [5.74, 6) is 0.765. The standard InChI is InChI=1S/C14H18N2O4S/c1-20-12-3-5-13(6-4-12)21(18,19)15-8-9-16-11(10-15)2-7-14(16)17/h3-6,11H,2,7-10H2,1H3/t11-/m1/s1. The molecule has 2 aliphatic heterocycles. The number of benzene rings is 1. The maximum absolute atomic E-state index is 12.6. The Bertz CT molecular complexity index is 641. The van der Waals surface area contributed by atoms with Crippen LogP contribution in [0.3, 0.4) is 0 Å². The van der Waals surface area contributed by atoms with Crippen molar-refractivity contribution in [2.75, 3.05) is 26.7 Å². The molecule has 2 heterocycles. The van der Waals surface area contributed by atoms with E-state index < -0.39 is 10.0 Å². The Hall–Kier alpha value is -1.60. The summed E-state index contributed by atoms with van der Waals surface area (Å²) in [6.07, 6.45) is 1.27. The average Bonchev–Trinajstić information content (AvgIpc) is 2.88. The number of rotatable bonds is 3. The van der Waals surface area contributed by atoms with Gasteiger partial charge in [-0.1, -0.05) is 0 Å². The Kier molecular flexibility index (Phi) is 3.62. The van der Waals surface area contributed by atoms with E-state index in [1.807, 2.05) is 0 Å². The molecule has 6 nitrogen and oxygen atoms in total. The normalized spacial score (nSPS) is 23.2. The summed E-state index contributed by atoms with van der Waals surface area (Å²) in [5.41, 5.74) is 0. The van der Waals surface area contributed by atoms with Crippen LogP contribution in [0, 0.1) is 0 Å². The molecule has 1 atom stereocenters. The maximum atomic E-state index is 12.6. The molecule has 7 heteroatoms. The Balaban J connectivity index is 1.80. The van der Waals surface area contributed by atoms with Gasteiger partial charge in [0, 0.05) is 32.1 Å². The molecule has 114 valence electrons. The highest BCUT2D eigenvalue weighted by atomic mass is 32.2. The number of fused-ring (bicyclic) bond motifs is 1. The summed E-state index contributed by atoms with van der Waals surface area (Å²) in [4.78, 5) is 13.7. The average molecular weight is 310 g/mol. The van der Waals surface area contributed by atoms with E-state index in [0.717, 1.165) is 6.42 Å². The van der Waals surface area contributed by atoms with Crippen molar-refractivity contribution in [2.24, 2.45) is 0 Å². The lowest BCUT2D eigenvalue weighted by atomic mass is 10.2. The predicted octanol–water partition coefficient (Wildman–Crippen LogP) is 0.690. The first-order valence-corrected chi connectivity index (χ1v) is 8.40. The van der Waals surface area contributed by atoms with Gasteiger partial charge in [0.25, 0.3) is 0 Å². The fourth-order valence-corrected chi connectivity index (χ4v) is 4.42. The number of hydrogen-bond acceptors (Lipinski definition) is 4. The van der Waals surface area contributed by atoms with E-state index in [1.165, 1.54) is 4.31 Å². The molecule has 0 aliphatic carbocycles. The van der Waals surface area contributed by atoms with E-state index in [2.05, 4.69) is 0 Å². The number of sulfonamides is 1. The van der Waals surface area contributed by atoms with Crippen molar-refractivity contribution in [2.45, 2.75) is 23.8 Å². The van der Waals surface area contributed by atoms with Crippen LogP contribution in [0.4, 0.5) is 0 Å². The first-order chi connectivity index (χ1) is 10.0. The molecule has 1 aromatic carbocycles. The molecule has 1 aromatic rings. The van der Waals surface area contributed by atoms with Gasteiger partial charge in [-0.3, -0.25) is 4.79 Å². The number of carbonyl (C=O) groups excluding carboxylic acids is 1. The number of hydrogen-bond donors (Lipinski definition) is 0. The van der Waals surface area contributed by atoms with Gasteiger partial charge in [0.1, 0.15) is 5.75 Å². The number of piperazine rings is 1. The van der Waals surface area contributed by atoms with Crippen LogP contribution in [-0.2, 0) is 14.8 Å². The van der Waals surface area contributed by atoms with Gasteiger partial charge in [0.2, 0.25) is 15.9 Å². The van der Waals surface area contributed by atoms with Crippen LogP contribution in [0.25, 0.3) is 0 Å². The van der Waals surface area contributed by atoms with Gasteiger partial charge in [0.05, 0.1) is 12.0 Å². The number of carbonyl (C=O) groups is 1. The van der Waals surface area contributed by atoms with Crippen molar-refractivity contribution in [1.82, 2.24) is 9.21 Å². The first-order valence-electron chi connectivity index (χ1n) is 6.96. The lowest BCUT2D eigenvalue weighted by Gasteiger charge is -2.36. The number of ether oxygens (including phenoxy) is 1. The molecule has 2 fully saturated rings. The van der Waals surface area contributed by atoms with Crippen LogP contribution in [0.1, 0.15) is 12.8 Å². The van der Waals surface area contributed by atoms with Gasteiger partial charge >= 0.3 is 0 Å². The van der Waals surface area contributed by atoms with Crippen molar-refractivity contribution in [3.05, 3.63) is 24.3 Å². The summed E-state index contributed by atoms with van der Waals surface area (Å²) >= 11 is 0. The van der Waals surface area contributed by atoms with Gasteiger partial charge in [-0.2, -0.15) is 4.31 Å². The second-order valence-electron chi connectivity index (χ2n) is 5.32. The minimum Gasteiger partial charge on any atom is -0.497 e. The van der Waals surface area contributed by atoms with E-state index in [4.69, 9.17) is 4.74 Å². The Labute approximate surface area is 124 Å². The zero-order valence-electron chi connectivity index (χ0n) is 11.9. The van der Waals surface area contributed by atoms with Gasteiger partial charge < -0.3 is 9.64 Å². The van der Waals surface area contributed by atoms with Crippen molar-refractivity contribution in [3.8, 4) is 5.75 Å². The van der Waals surface area contributed by atoms with Crippen LogP contribution in [0.5, 0.6) is 5.75 Å². The summed E-state index contributed by atoms with van der Waals surface area (Å²) in [6, 6.07) is 6.42. The largest absolute Gasteiger partial charge is 0.497 e. The lowest BCUT2D eigenvalue weighted by Crippen LogP contribution is -2.53. The van der Waals surface area contributed by atoms with Crippen LogP contribution < -0.4 is 4.74 Å². The molecule has 0 saturated carbocycles. The monoisotopic (exact) mass is 310 g/mol. The topological polar surface area (TPSA) is 66.9 Å². The molecule has 0 radical (unpaired) electrons. The van der Waals surface area contributed by atoms with Crippen molar-refractivity contribution in [1.29, 1.82) is 0 Å². The fraction of sp³-hybridized carbons (Fsp3) is 0.500. The predicted molar refractivity (Wildman–Crippen MR) is 76.5 cm³/mol. The van der Waals surface area contributed by atoms with E-state index in [9.17, 15) is 13.2 Å². The van der Waals surface area contributed by atoms with Crippen molar-refractivity contribution in [3.63, 3.8) is 0 Å². The highest BCUT2D eigenvalue weighted by Gasteiger charge is 2.39. The molecule has 1 amide bonds. The minimum absolute atomic E-state index is 0.0271. The SMILES string of the molecule is COc1ccc(S(=O)(=O)N2CCN3C(=O)CC[C@@H]3C2)cc1. The van der Waals surface area contributed by atoms with Crippen molar-refractivity contribution < 1.29 is 17.9 Å². The van der Waals surface area contributed by atoms with E-state index in [0.29, 0.717) is 31.8 Å². The van der Waals surface area contributed by atoms with Gasteiger partial charge in [-0.05, 0) is 30.7 Å². The molecule has 2 saturated heterocycles. The van der Waals surface area contributed by atoms with Gasteiger partial charge in [-0.25, -0.2) is 8.42 Å². The van der Waals surface area contributed by atoms with Crippen LogP contribution in [-0.4, -0.2) is 56.3 Å². The third-order valence-electron chi connectivity index (χ3n) is 4.15. The summed E-state index contributed by atoms with van der Waals surface area (Å²) in [5, 5.41) is 0. The van der Waals surface area contributed by atoms with Crippen LogP contribution >= 0.6 is 0 Å². The van der Waals surface area contributed by atoms with Crippen LogP contribution in [0.2, 0.25) is 0 Å². The van der Waals surface area contributed by atoms with E-state index >= 15 is 0 Å². The number of amides is 1. The second-order valence-corrected chi connectivity index (χ2v) is 7.26. The molecule has 0 aromatic heterocycles. The zero-order chi connectivity index (χ0) is 15.0. The molecular formula is C14H18N2O4S. The molecule has 0 bridgehead atoms. The molecule has 21 heavy (non-hydrogen) atoms. The van der Waals surface area contributed by atoms with Gasteiger partial charge in [0.15, 0.2) is 0 Å². The Morgan fingerprint density at radius 2 is 1.90 bits per heavy atom. The van der Waals surface area contributed by atoms with Crippen LogP contribution in [0.15, 0.2) is 29.2 Å². The summed E-state index contributed by atoms with van der Waals surface area (Å²) in [7, 11) is -1.96. The summed E-state index contributed by atoms with van der Waals surface area (Å²) in [6.45, 7) is 1.23. The molecule has 0 N–H and O–H groups in total. The lowest BCUT2D eigenvalue weighted by molar-refractivity contribution is -0.130. The number of methoxy groups -OCH3 is 1. The second kappa shape index (κ2) is 5.31. The molecule has 2 aliphatic rings. The molecule has 0 spiro atoms. The number of nitrogens with zero attached hydrogens (tertiary/aromatic N) is 2. The Morgan fingerprint density at radius 3 is 2.57 bits per heavy atom. The Morgan fingerprint density at radius 1 is 1.19 bits per heavy atom. The molecule has 0 unspecified atom stereocenters. The molecule has 3 rings (SSSR count). The first kappa shape index (κ1) is 14.3. The third kappa shape index (κ3) is 2.51. The van der Waals surface area contributed by atoms with Gasteiger partial charge in [-0.15, -0.1) is 0 Å². The highest BCUT2D eigenvalue weighted by Crippen LogP contribution is 2.27. The van der Waals surface area contributed by atoms with E-state index in [1.54, 1.807) is 36.3 Å². The maximum Gasteiger partial charge on any atom is 0.243 e. The summed E-state index contributed by atoms with van der Waals surface area (Å²) < 4.78 is 31.8. The van der Waals surface area contributed by atoms with Crippen molar-refractivity contribution >= 4 is 15.9 Å².